The van der Waals surface area contributed by atoms with Gasteiger partial charge < -0.3 is 15.0 Å². The van der Waals surface area contributed by atoms with Crippen molar-refractivity contribution in [1.29, 1.82) is 0 Å². The molecule has 1 atom stereocenters. The lowest BCUT2D eigenvalue weighted by atomic mass is 10.0. The Morgan fingerprint density at radius 2 is 1.79 bits per heavy atom. The molecule has 1 aliphatic heterocycles. The molecule has 5 nitrogen and oxygen atoms in total. The minimum atomic E-state index is -0.715. The van der Waals surface area contributed by atoms with E-state index in [4.69, 9.17) is 4.74 Å². The summed E-state index contributed by atoms with van der Waals surface area (Å²) in [5.74, 6) is 0.316. The summed E-state index contributed by atoms with van der Waals surface area (Å²) in [6, 6.07) is 21.4. The number of carbonyl (C=O) groups excluding carboxylic acids is 2. The predicted molar refractivity (Wildman–Crippen MR) is 114 cm³/mol. The number of fused-ring (bicyclic) bond motifs is 2. The molecule has 1 aliphatic rings. The van der Waals surface area contributed by atoms with Crippen LogP contribution in [0.25, 0.3) is 10.8 Å². The molecule has 0 aliphatic carbocycles. The number of anilines is 1. The van der Waals surface area contributed by atoms with Crippen molar-refractivity contribution < 1.29 is 14.3 Å². The summed E-state index contributed by atoms with van der Waals surface area (Å²) in [6.45, 7) is 2.79. The van der Waals surface area contributed by atoms with E-state index >= 15 is 0 Å². The molecule has 4 rings (SSSR count). The minimum absolute atomic E-state index is 0.0506. The molecule has 0 spiro atoms. The standard InChI is InChI=1S/C24H24N2O3/c1-2-14-25-24(28)22-16-26(20-12-5-6-13-21(20)29-22)23(27)15-18-10-7-9-17-8-3-4-11-19(17)18/h3-13,22H,2,14-16H2,1H3,(H,25,28)/t22-/m0/s1. The number of nitrogens with zero attached hydrogens (tertiary/aromatic N) is 1. The molecule has 29 heavy (non-hydrogen) atoms. The van der Waals surface area contributed by atoms with Gasteiger partial charge in [0.2, 0.25) is 5.91 Å². The Balaban J connectivity index is 1.61. The Morgan fingerprint density at radius 3 is 2.66 bits per heavy atom. The van der Waals surface area contributed by atoms with Gasteiger partial charge in [0.15, 0.2) is 6.10 Å². The van der Waals surface area contributed by atoms with E-state index in [2.05, 4.69) is 5.32 Å². The second-order valence-corrected chi connectivity index (χ2v) is 7.18. The topological polar surface area (TPSA) is 58.6 Å². The average Bonchev–Trinajstić information content (AvgIpc) is 2.76. The van der Waals surface area contributed by atoms with Gasteiger partial charge in [-0.2, -0.15) is 0 Å². The lowest BCUT2D eigenvalue weighted by Gasteiger charge is -2.34. The fourth-order valence-corrected chi connectivity index (χ4v) is 3.67. The Kier molecular flexibility index (Phi) is 5.47. The molecule has 2 amide bonds. The van der Waals surface area contributed by atoms with Crippen molar-refractivity contribution in [2.75, 3.05) is 18.0 Å². The molecule has 0 saturated carbocycles. The van der Waals surface area contributed by atoms with E-state index in [-0.39, 0.29) is 24.8 Å². The number of hydrogen-bond donors (Lipinski definition) is 1. The first kappa shape index (κ1) is 19.0. The van der Waals surface area contributed by atoms with Gasteiger partial charge in [0.05, 0.1) is 18.7 Å². The average molecular weight is 388 g/mol. The zero-order valence-electron chi connectivity index (χ0n) is 16.4. The second-order valence-electron chi connectivity index (χ2n) is 7.18. The van der Waals surface area contributed by atoms with Gasteiger partial charge in [-0.1, -0.05) is 61.5 Å². The van der Waals surface area contributed by atoms with Crippen LogP contribution in [0.5, 0.6) is 5.75 Å². The molecular formula is C24H24N2O3. The minimum Gasteiger partial charge on any atom is -0.477 e. The Bertz CT molecular complexity index is 1040. The summed E-state index contributed by atoms with van der Waals surface area (Å²) < 4.78 is 5.89. The molecule has 5 heteroatoms. The molecule has 0 unspecified atom stereocenters. The number of benzene rings is 3. The van der Waals surface area contributed by atoms with Crippen molar-refractivity contribution in [3.8, 4) is 5.75 Å². The lowest BCUT2D eigenvalue weighted by molar-refractivity contribution is -0.128. The summed E-state index contributed by atoms with van der Waals surface area (Å²) in [5, 5.41) is 5.04. The van der Waals surface area contributed by atoms with Crippen LogP contribution in [-0.2, 0) is 16.0 Å². The van der Waals surface area contributed by atoms with Crippen LogP contribution in [0.2, 0.25) is 0 Å². The monoisotopic (exact) mass is 388 g/mol. The number of nitrogens with one attached hydrogen (secondary N) is 1. The molecule has 1 N–H and O–H groups in total. The number of para-hydroxylation sites is 2. The van der Waals surface area contributed by atoms with Gasteiger partial charge in [0, 0.05) is 6.54 Å². The van der Waals surface area contributed by atoms with Crippen molar-refractivity contribution in [1.82, 2.24) is 5.32 Å². The largest absolute Gasteiger partial charge is 0.477 e. The highest BCUT2D eigenvalue weighted by molar-refractivity contribution is 6.00. The zero-order chi connectivity index (χ0) is 20.2. The molecule has 0 saturated heterocycles. The van der Waals surface area contributed by atoms with Crippen LogP contribution in [0.3, 0.4) is 0 Å². The number of amides is 2. The van der Waals surface area contributed by atoms with Gasteiger partial charge in [-0.15, -0.1) is 0 Å². The first-order chi connectivity index (χ1) is 14.2. The van der Waals surface area contributed by atoms with Gasteiger partial charge in [-0.25, -0.2) is 0 Å². The van der Waals surface area contributed by atoms with Gasteiger partial charge in [-0.3, -0.25) is 9.59 Å². The summed E-state index contributed by atoms with van der Waals surface area (Å²) in [6.07, 6.45) is 0.394. The molecular weight excluding hydrogens is 364 g/mol. The van der Waals surface area contributed by atoms with Crippen LogP contribution in [0.4, 0.5) is 5.69 Å². The summed E-state index contributed by atoms with van der Waals surface area (Å²) in [5.41, 5.74) is 1.68. The zero-order valence-corrected chi connectivity index (χ0v) is 16.4. The first-order valence-electron chi connectivity index (χ1n) is 9.97. The van der Waals surface area contributed by atoms with E-state index < -0.39 is 6.10 Å². The van der Waals surface area contributed by atoms with Gasteiger partial charge >= 0.3 is 0 Å². The number of ether oxygens (including phenoxy) is 1. The van der Waals surface area contributed by atoms with Gasteiger partial charge in [0.25, 0.3) is 5.91 Å². The van der Waals surface area contributed by atoms with Crippen molar-refractivity contribution >= 4 is 28.3 Å². The van der Waals surface area contributed by atoms with E-state index in [0.29, 0.717) is 18.0 Å². The fraction of sp³-hybridized carbons (Fsp3) is 0.250. The summed E-state index contributed by atoms with van der Waals surface area (Å²) in [7, 11) is 0. The number of hydrogen-bond acceptors (Lipinski definition) is 3. The molecule has 0 bridgehead atoms. The third kappa shape index (κ3) is 3.94. The van der Waals surface area contributed by atoms with E-state index in [9.17, 15) is 9.59 Å². The van der Waals surface area contributed by atoms with E-state index in [1.165, 1.54) is 0 Å². The van der Waals surface area contributed by atoms with Gasteiger partial charge in [-0.05, 0) is 34.9 Å². The quantitative estimate of drug-likeness (QED) is 0.725. The van der Waals surface area contributed by atoms with Crippen LogP contribution in [-0.4, -0.2) is 31.0 Å². The maximum absolute atomic E-state index is 13.3. The maximum atomic E-state index is 13.3. The van der Waals surface area contributed by atoms with E-state index in [1.807, 2.05) is 67.6 Å². The van der Waals surface area contributed by atoms with E-state index in [0.717, 1.165) is 22.8 Å². The molecule has 3 aromatic rings. The SMILES string of the molecule is CCCNC(=O)[C@@H]1CN(C(=O)Cc2cccc3ccccc23)c2ccccc2O1. The summed E-state index contributed by atoms with van der Waals surface area (Å²) >= 11 is 0. The summed E-state index contributed by atoms with van der Waals surface area (Å²) in [4.78, 5) is 27.5. The Hall–Kier alpha value is -3.34. The van der Waals surface area contributed by atoms with Crippen LogP contribution in [0.15, 0.2) is 66.7 Å². The lowest BCUT2D eigenvalue weighted by Crippen LogP contribution is -2.51. The molecule has 1 heterocycles. The molecule has 0 fully saturated rings. The van der Waals surface area contributed by atoms with Crippen LogP contribution >= 0.6 is 0 Å². The first-order valence-corrected chi connectivity index (χ1v) is 9.97. The second kappa shape index (κ2) is 8.35. The normalized spacial score (nSPS) is 15.5. The van der Waals surface area contributed by atoms with Crippen molar-refractivity contribution in [3.63, 3.8) is 0 Å². The molecule has 0 radical (unpaired) electrons. The van der Waals surface area contributed by atoms with Crippen LogP contribution in [0.1, 0.15) is 18.9 Å². The highest BCUT2D eigenvalue weighted by atomic mass is 16.5. The third-order valence-electron chi connectivity index (χ3n) is 5.14. The Morgan fingerprint density at radius 1 is 1.03 bits per heavy atom. The molecule has 0 aromatic heterocycles. The van der Waals surface area contributed by atoms with Crippen LogP contribution < -0.4 is 15.0 Å². The Labute approximate surface area is 170 Å². The fourth-order valence-electron chi connectivity index (χ4n) is 3.67. The van der Waals surface area contributed by atoms with Crippen molar-refractivity contribution in [2.24, 2.45) is 0 Å². The van der Waals surface area contributed by atoms with Gasteiger partial charge in [0.1, 0.15) is 5.75 Å². The smallest absolute Gasteiger partial charge is 0.262 e. The number of carbonyl (C=O) groups is 2. The maximum Gasteiger partial charge on any atom is 0.262 e. The number of rotatable bonds is 5. The van der Waals surface area contributed by atoms with Crippen LogP contribution in [0, 0.1) is 0 Å². The third-order valence-corrected chi connectivity index (χ3v) is 5.14. The van der Waals surface area contributed by atoms with Crippen molar-refractivity contribution in [3.05, 3.63) is 72.3 Å². The molecule has 148 valence electrons. The molecule has 3 aromatic carbocycles. The predicted octanol–water partition coefficient (Wildman–Crippen LogP) is 3.70. The van der Waals surface area contributed by atoms with Crippen molar-refractivity contribution in [2.45, 2.75) is 25.9 Å². The highest BCUT2D eigenvalue weighted by Gasteiger charge is 2.33. The van der Waals surface area contributed by atoms with E-state index in [1.54, 1.807) is 11.0 Å². The highest BCUT2D eigenvalue weighted by Crippen LogP contribution is 2.34.